The maximum atomic E-state index is 12.2. The fourth-order valence-electron chi connectivity index (χ4n) is 2.80. The second kappa shape index (κ2) is 9.20. The number of benzene rings is 1. The largest absolute Gasteiger partial charge is 0.387 e. The van der Waals surface area contributed by atoms with Gasteiger partial charge < -0.3 is 15.7 Å². The second-order valence-electron chi connectivity index (χ2n) is 5.96. The van der Waals surface area contributed by atoms with E-state index in [1.807, 2.05) is 10.9 Å². The first kappa shape index (κ1) is 19.7. The maximum absolute atomic E-state index is 12.2. The topological polar surface area (TPSA) is 79.2 Å². The van der Waals surface area contributed by atoms with Crippen LogP contribution in [-0.4, -0.2) is 40.4 Å². The molecule has 0 aliphatic carbocycles. The molecular weight excluding hydrogens is 363 g/mol. The van der Waals surface area contributed by atoms with Crippen molar-refractivity contribution in [1.29, 1.82) is 0 Å². The Hall–Kier alpha value is -1.60. The minimum Gasteiger partial charge on any atom is -0.387 e. The molecule has 136 valence electrons. The van der Waals surface area contributed by atoms with E-state index in [-0.39, 0.29) is 24.9 Å². The Morgan fingerprint density at radius 3 is 2.84 bits per heavy atom. The average molecular weight is 385 g/mol. The fraction of sp³-hybridized carbons (Fsp3) is 0.412. The number of carbonyl (C=O) groups is 1. The molecule has 3 N–H and O–H groups in total. The van der Waals surface area contributed by atoms with Crippen molar-refractivity contribution in [2.75, 3.05) is 19.6 Å². The monoisotopic (exact) mass is 384 g/mol. The Balaban J connectivity index is 0.00000225. The summed E-state index contributed by atoms with van der Waals surface area (Å²) in [7, 11) is 0. The number of aliphatic hydroxyl groups is 1. The number of rotatable bonds is 5. The van der Waals surface area contributed by atoms with Crippen molar-refractivity contribution in [3.05, 3.63) is 52.8 Å². The molecule has 1 saturated heterocycles. The Bertz CT molecular complexity index is 684. The van der Waals surface area contributed by atoms with Crippen molar-refractivity contribution >= 4 is 29.9 Å². The van der Waals surface area contributed by atoms with E-state index in [2.05, 4.69) is 15.7 Å². The number of hydrogen-bond acceptors (Lipinski definition) is 4. The molecule has 2 unspecified atom stereocenters. The van der Waals surface area contributed by atoms with Crippen LogP contribution in [0.3, 0.4) is 0 Å². The zero-order chi connectivity index (χ0) is 16.9. The number of amides is 1. The second-order valence-corrected chi connectivity index (χ2v) is 6.39. The number of halogens is 2. The standard InChI is InChI=1S/C17H21ClN4O2.ClH/c18-13-5-3-12(4-6-13)16(23)11-20-17(24)15-7-9-22(21-15)14-2-1-8-19-10-14;/h3-7,9,14,16,19,23H,1-2,8,10-11H2,(H,20,24);1H. The zero-order valence-electron chi connectivity index (χ0n) is 13.7. The Labute approximate surface area is 158 Å². The van der Waals surface area contributed by atoms with E-state index in [4.69, 9.17) is 11.6 Å². The summed E-state index contributed by atoms with van der Waals surface area (Å²) in [6.07, 6.45) is 3.22. The number of nitrogens with zero attached hydrogens (tertiary/aromatic N) is 2. The van der Waals surface area contributed by atoms with E-state index in [1.54, 1.807) is 30.3 Å². The van der Waals surface area contributed by atoms with Crippen LogP contribution in [0, 0.1) is 0 Å². The summed E-state index contributed by atoms with van der Waals surface area (Å²) in [5.41, 5.74) is 1.07. The highest BCUT2D eigenvalue weighted by Crippen LogP contribution is 2.17. The number of aromatic nitrogens is 2. The van der Waals surface area contributed by atoms with Crippen LogP contribution in [0.5, 0.6) is 0 Å². The molecule has 3 rings (SSSR count). The van der Waals surface area contributed by atoms with Crippen molar-refractivity contribution in [3.8, 4) is 0 Å². The molecule has 1 aromatic heterocycles. The van der Waals surface area contributed by atoms with Gasteiger partial charge in [0.15, 0.2) is 0 Å². The molecule has 6 nitrogen and oxygen atoms in total. The lowest BCUT2D eigenvalue weighted by Crippen LogP contribution is -2.32. The molecule has 1 fully saturated rings. The van der Waals surface area contributed by atoms with Crippen LogP contribution in [0.4, 0.5) is 0 Å². The lowest BCUT2D eigenvalue weighted by molar-refractivity contribution is 0.0910. The van der Waals surface area contributed by atoms with Crippen LogP contribution >= 0.6 is 24.0 Å². The Morgan fingerprint density at radius 2 is 2.16 bits per heavy atom. The molecule has 25 heavy (non-hydrogen) atoms. The van der Waals surface area contributed by atoms with E-state index >= 15 is 0 Å². The summed E-state index contributed by atoms with van der Waals surface area (Å²) < 4.78 is 1.84. The van der Waals surface area contributed by atoms with Gasteiger partial charge in [-0.25, -0.2) is 0 Å². The van der Waals surface area contributed by atoms with Gasteiger partial charge in [0, 0.05) is 24.3 Å². The lowest BCUT2D eigenvalue weighted by atomic mass is 10.1. The van der Waals surface area contributed by atoms with Crippen LogP contribution in [0.1, 0.15) is 41.0 Å². The van der Waals surface area contributed by atoms with Gasteiger partial charge in [-0.3, -0.25) is 9.48 Å². The Kier molecular flexibility index (Phi) is 7.25. The predicted molar refractivity (Wildman–Crippen MR) is 99.4 cm³/mol. The van der Waals surface area contributed by atoms with E-state index in [1.165, 1.54) is 0 Å². The van der Waals surface area contributed by atoms with Crippen molar-refractivity contribution in [1.82, 2.24) is 20.4 Å². The maximum Gasteiger partial charge on any atom is 0.271 e. The van der Waals surface area contributed by atoms with Crippen molar-refractivity contribution < 1.29 is 9.90 Å². The fourth-order valence-corrected chi connectivity index (χ4v) is 2.93. The van der Waals surface area contributed by atoms with E-state index in [0.29, 0.717) is 22.3 Å². The third kappa shape index (κ3) is 5.19. The molecule has 1 aromatic carbocycles. The van der Waals surface area contributed by atoms with Crippen LogP contribution in [0.15, 0.2) is 36.5 Å². The molecule has 2 heterocycles. The minimum absolute atomic E-state index is 0. The van der Waals surface area contributed by atoms with Crippen molar-refractivity contribution in [2.24, 2.45) is 0 Å². The molecule has 0 saturated carbocycles. The first-order valence-corrected chi connectivity index (χ1v) is 8.49. The molecular formula is C17H22Cl2N4O2. The summed E-state index contributed by atoms with van der Waals surface area (Å²) in [5, 5.41) is 21.1. The van der Waals surface area contributed by atoms with Crippen LogP contribution in [0.2, 0.25) is 5.02 Å². The molecule has 1 amide bonds. The van der Waals surface area contributed by atoms with Gasteiger partial charge >= 0.3 is 0 Å². The third-order valence-electron chi connectivity index (χ3n) is 4.20. The van der Waals surface area contributed by atoms with Crippen molar-refractivity contribution in [2.45, 2.75) is 25.0 Å². The van der Waals surface area contributed by atoms with Gasteiger partial charge in [0.2, 0.25) is 0 Å². The highest BCUT2D eigenvalue weighted by molar-refractivity contribution is 6.30. The summed E-state index contributed by atoms with van der Waals surface area (Å²) in [5.74, 6) is -0.287. The van der Waals surface area contributed by atoms with Crippen molar-refractivity contribution in [3.63, 3.8) is 0 Å². The minimum atomic E-state index is -0.782. The predicted octanol–water partition coefficient (Wildman–Crippen LogP) is 2.35. The third-order valence-corrected chi connectivity index (χ3v) is 4.45. The molecule has 2 atom stereocenters. The van der Waals surface area contributed by atoms with E-state index < -0.39 is 6.10 Å². The molecule has 1 aliphatic rings. The van der Waals surface area contributed by atoms with Gasteiger partial charge in [0.05, 0.1) is 12.1 Å². The van der Waals surface area contributed by atoms with Crippen LogP contribution < -0.4 is 10.6 Å². The van der Waals surface area contributed by atoms with Crippen LogP contribution in [0.25, 0.3) is 0 Å². The quantitative estimate of drug-likeness (QED) is 0.738. The van der Waals surface area contributed by atoms with Gasteiger partial charge in [0.25, 0.3) is 5.91 Å². The molecule has 0 spiro atoms. The number of nitrogens with one attached hydrogen (secondary N) is 2. The number of hydrogen-bond donors (Lipinski definition) is 3. The van der Waals surface area contributed by atoms with E-state index in [0.717, 1.165) is 25.9 Å². The SMILES string of the molecule is Cl.O=C(NCC(O)c1ccc(Cl)cc1)c1ccn(C2CCCNC2)n1. The molecule has 2 aromatic rings. The summed E-state index contributed by atoms with van der Waals surface area (Å²) >= 11 is 5.82. The van der Waals surface area contributed by atoms with Gasteiger partial charge in [0.1, 0.15) is 5.69 Å². The van der Waals surface area contributed by atoms with Gasteiger partial charge in [-0.2, -0.15) is 5.10 Å². The van der Waals surface area contributed by atoms with Gasteiger partial charge in [-0.15, -0.1) is 12.4 Å². The summed E-state index contributed by atoms with van der Waals surface area (Å²) in [6, 6.07) is 8.90. The highest BCUT2D eigenvalue weighted by Gasteiger charge is 2.18. The highest BCUT2D eigenvalue weighted by atomic mass is 35.5. The Morgan fingerprint density at radius 1 is 1.40 bits per heavy atom. The molecule has 8 heteroatoms. The van der Waals surface area contributed by atoms with Crippen LogP contribution in [-0.2, 0) is 0 Å². The van der Waals surface area contributed by atoms with Gasteiger partial charge in [-0.1, -0.05) is 23.7 Å². The molecule has 0 radical (unpaired) electrons. The first-order valence-electron chi connectivity index (χ1n) is 8.11. The van der Waals surface area contributed by atoms with Gasteiger partial charge in [-0.05, 0) is 43.1 Å². The average Bonchev–Trinajstić information content (AvgIpc) is 3.11. The zero-order valence-corrected chi connectivity index (χ0v) is 15.3. The van der Waals surface area contributed by atoms with E-state index in [9.17, 15) is 9.90 Å². The lowest BCUT2D eigenvalue weighted by Gasteiger charge is -2.22. The first-order chi connectivity index (χ1) is 11.6. The number of carbonyl (C=O) groups excluding carboxylic acids is 1. The summed E-state index contributed by atoms with van der Waals surface area (Å²) in [4.78, 5) is 12.2. The molecule has 1 aliphatic heterocycles. The number of aliphatic hydroxyl groups excluding tert-OH is 1. The number of piperidine rings is 1. The summed E-state index contributed by atoms with van der Waals surface area (Å²) in [6.45, 7) is 2.03. The normalized spacial score (nSPS) is 18.2. The molecule has 0 bridgehead atoms. The smallest absolute Gasteiger partial charge is 0.271 e.